The SMILES string of the molecule is CO[C@@](N)(B1OC(C)(C)C(C)(C)O1)c1ccc(C=O)cc1. The summed E-state index contributed by atoms with van der Waals surface area (Å²) in [6.45, 7) is 7.83. The summed E-state index contributed by atoms with van der Waals surface area (Å²) in [5.74, 6) is 0. The van der Waals surface area contributed by atoms with Gasteiger partial charge in [-0.3, -0.25) is 4.79 Å². The maximum atomic E-state index is 10.8. The number of methoxy groups -OCH3 is 1. The van der Waals surface area contributed by atoms with Crippen LogP contribution in [0.2, 0.25) is 0 Å². The van der Waals surface area contributed by atoms with E-state index in [4.69, 9.17) is 19.8 Å². The van der Waals surface area contributed by atoms with Crippen LogP contribution in [0.5, 0.6) is 0 Å². The summed E-state index contributed by atoms with van der Waals surface area (Å²) in [4.78, 5) is 10.8. The first kappa shape index (κ1) is 16.2. The molecule has 1 atom stereocenters. The zero-order valence-electron chi connectivity index (χ0n) is 13.2. The van der Waals surface area contributed by atoms with Gasteiger partial charge < -0.3 is 19.8 Å². The Morgan fingerprint density at radius 1 is 1.14 bits per heavy atom. The lowest BCUT2D eigenvalue weighted by molar-refractivity contribution is 0.00578. The molecule has 1 saturated heterocycles. The molecule has 1 aromatic carbocycles. The van der Waals surface area contributed by atoms with Crippen LogP contribution >= 0.6 is 0 Å². The van der Waals surface area contributed by atoms with Crippen molar-refractivity contribution in [2.45, 2.75) is 44.5 Å². The van der Waals surface area contributed by atoms with Crippen LogP contribution in [0.3, 0.4) is 0 Å². The van der Waals surface area contributed by atoms with Crippen molar-refractivity contribution < 1.29 is 18.8 Å². The lowest BCUT2D eigenvalue weighted by Gasteiger charge is -2.32. The molecule has 6 heteroatoms. The Kier molecular flexibility index (Phi) is 4.01. The molecular weight excluding hydrogens is 269 g/mol. The van der Waals surface area contributed by atoms with Crippen molar-refractivity contribution in [3.05, 3.63) is 35.4 Å². The van der Waals surface area contributed by atoms with Gasteiger partial charge in [0.1, 0.15) is 6.29 Å². The van der Waals surface area contributed by atoms with Crippen LogP contribution in [0.15, 0.2) is 24.3 Å². The van der Waals surface area contributed by atoms with Crippen LogP contribution in [-0.2, 0) is 19.7 Å². The van der Waals surface area contributed by atoms with Crippen molar-refractivity contribution in [3.8, 4) is 0 Å². The highest BCUT2D eigenvalue weighted by Crippen LogP contribution is 2.41. The molecule has 0 aliphatic carbocycles. The van der Waals surface area contributed by atoms with Gasteiger partial charge >= 0.3 is 7.12 Å². The first-order valence-electron chi connectivity index (χ1n) is 6.92. The minimum absolute atomic E-state index is 0.496. The fraction of sp³-hybridized carbons (Fsp3) is 0.533. The van der Waals surface area contributed by atoms with E-state index in [1.54, 1.807) is 24.3 Å². The summed E-state index contributed by atoms with van der Waals surface area (Å²) in [6.07, 6.45) is 0.781. The van der Waals surface area contributed by atoms with E-state index in [0.29, 0.717) is 11.1 Å². The summed E-state index contributed by atoms with van der Waals surface area (Å²) in [5.41, 5.74) is 5.42. The fourth-order valence-electron chi connectivity index (χ4n) is 2.19. The largest absolute Gasteiger partial charge is 0.513 e. The minimum Gasteiger partial charge on any atom is -0.400 e. The maximum Gasteiger partial charge on any atom is 0.513 e. The second-order valence-electron chi connectivity index (χ2n) is 6.33. The van der Waals surface area contributed by atoms with Crippen molar-refractivity contribution >= 4 is 13.4 Å². The predicted molar refractivity (Wildman–Crippen MR) is 80.8 cm³/mol. The zero-order valence-corrected chi connectivity index (χ0v) is 13.2. The average molecular weight is 291 g/mol. The van der Waals surface area contributed by atoms with Crippen molar-refractivity contribution in [1.29, 1.82) is 0 Å². The monoisotopic (exact) mass is 291 g/mol. The molecule has 0 bridgehead atoms. The highest BCUT2D eigenvalue weighted by Gasteiger charge is 2.59. The quantitative estimate of drug-likeness (QED) is 0.521. The van der Waals surface area contributed by atoms with Crippen molar-refractivity contribution in [2.75, 3.05) is 7.11 Å². The molecule has 1 aliphatic rings. The summed E-state index contributed by atoms with van der Waals surface area (Å²) in [7, 11) is 0.771. The molecule has 0 unspecified atom stereocenters. The summed E-state index contributed by atoms with van der Waals surface area (Å²) < 4.78 is 17.5. The first-order valence-corrected chi connectivity index (χ1v) is 6.92. The number of nitrogens with two attached hydrogens (primary N) is 1. The van der Waals surface area contributed by atoms with Crippen molar-refractivity contribution in [1.82, 2.24) is 0 Å². The van der Waals surface area contributed by atoms with Gasteiger partial charge in [0, 0.05) is 12.7 Å². The number of hydrogen-bond acceptors (Lipinski definition) is 5. The van der Waals surface area contributed by atoms with Gasteiger partial charge in [-0.25, -0.2) is 0 Å². The molecule has 1 fully saturated rings. The molecule has 21 heavy (non-hydrogen) atoms. The number of benzene rings is 1. The smallest absolute Gasteiger partial charge is 0.400 e. The molecular formula is C15H22BNO4. The van der Waals surface area contributed by atoms with Gasteiger partial charge in [0.2, 0.25) is 0 Å². The molecule has 2 rings (SSSR count). The fourth-order valence-corrected chi connectivity index (χ4v) is 2.19. The van der Waals surface area contributed by atoms with Crippen LogP contribution in [0, 0.1) is 0 Å². The Morgan fingerprint density at radius 2 is 1.62 bits per heavy atom. The van der Waals surface area contributed by atoms with Gasteiger partial charge in [0.05, 0.1) is 11.2 Å². The first-order chi connectivity index (χ1) is 9.66. The number of carbonyl (C=O) groups is 1. The highest BCUT2D eigenvalue weighted by atomic mass is 16.7. The minimum atomic E-state index is -1.24. The number of rotatable bonds is 4. The van der Waals surface area contributed by atoms with E-state index >= 15 is 0 Å². The zero-order chi connectivity index (χ0) is 15.9. The van der Waals surface area contributed by atoms with Gasteiger partial charge in [-0.05, 0) is 33.3 Å². The third kappa shape index (κ3) is 2.64. The van der Waals surface area contributed by atoms with Crippen LogP contribution in [0.1, 0.15) is 43.6 Å². The molecule has 0 saturated carbocycles. The molecule has 0 amide bonds. The highest BCUT2D eigenvalue weighted by molar-refractivity contribution is 6.49. The topological polar surface area (TPSA) is 70.8 Å². The van der Waals surface area contributed by atoms with Gasteiger partial charge in [-0.2, -0.15) is 0 Å². The van der Waals surface area contributed by atoms with Gasteiger partial charge in [-0.15, -0.1) is 0 Å². The molecule has 0 spiro atoms. The molecule has 1 aliphatic heterocycles. The van der Waals surface area contributed by atoms with Crippen molar-refractivity contribution in [3.63, 3.8) is 0 Å². The Morgan fingerprint density at radius 3 is 2.00 bits per heavy atom. The van der Waals surface area contributed by atoms with Gasteiger partial charge in [0.15, 0.2) is 5.62 Å². The van der Waals surface area contributed by atoms with Gasteiger partial charge in [0.25, 0.3) is 0 Å². The molecule has 5 nitrogen and oxygen atoms in total. The van der Waals surface area contributed by atoms with Crippen LogP contribution in [0.25, 0.3) is 0 Å². The number of ether oxygens (including phenoxy) is 1. The standard InChI is InChI=1S/C15H22BNO4/c1-13(2)14(3,4)21-16(20-13)15(17,19-5)12-8-6-11(10-18)7-9-12/h6-10H,17H2,1-5H3/t15-/m1/s1. The van der Waals surface area contributed by atoms with E-state index < -0.39 is 23.9 Å². The van der Waals surface area contributed by atoms with Crippen LogP contribution in [-0.4, -0.2) is 31.7 Å². The number of carbonyl (C=O) groups excluding carboxylic acids is 1. The van der Waals surface area contributed by atoms with E-state index in [1.807, 2.05) is 27.7 Å². The molecule has 1 heterocycles. The second-order valence-corrected chi connectivity index (χ2v) is 6.33. The Hall–Kier alpha value is -1.21. The second kappa shape index (κ2) is 5.21. The summed E-state index contributed by atoms with van der Waals surface area (Å²) in [6, 6.07) is 6.87. The summed E-state index contributed by atoms with van der Waals surface area (Å²) >= 11 is 0. The Labute approximate surface area is 125 Å². The predicted octanol–water partition coefficient (Wildman–Crippen LogP) is 1.89. The molecule has 0 radical (unpaired) electrons. The summed E-state index contributed by atoms with van der Waals surface area (Å²) in [5, 5.41) is 0. The van der Waals surface area contributed by atoms with E-state index in [9.17, 15) is 4.79 Å². The van der Waals surface area contributed by atoms with E-state index in [-0.39, 0.29) is 0 Å². The van der Waals surface area contributed by atoms with E-state index in [2.05, 4.69) is 0 Å². The normalized spacial score (nSPS) is 22.9. The maximum absolute atomic E-state index is 10.8. The third-order valence-electron chi connectivity index (χ3n) is 4.44. The molecule has 2 N–H and O–H groups in total. The third-order valence-corrected chi connectivity index (χ3v) is 4.44. The number of aldehydes is 1. The molecule has 114 valence electrons. The van der Waals surface area contributed by atoms with Gasteiger partial charge in [-0.1, -0.05) is 24.3 Å². The van der Waals surface area contributed by atoms with Crippen molar-refractivity contribution in [2.24, 2.45) is 5.73 Å². The molecule has 0 aromatic heterocycles. The lowest BCUT2D eigenvalue weighted by atomic mass is 9.70. The van der Waals surface area contributed by atoms with Crippen LogP contribution in [0.4, 0.5) is 0 Å². The van der Waals surface area contributed by atoms with Crippen LogP contribution < -0.4 is 5.73 Å². The van der Waals surface area contributed by atoms with E-state index in [0.717, 1.165) is 6.29 Å². The van der Waals surface area contributed by atoms with E-state index in [1.165, 1.54) is 7.11 Å². The lowest BCUT2D eigenvalue weighted by Crippen LogP contribution is -2.54. The Bertz CT molecular complexity index is 513. The number of hydrogen-bond donors (Lipinski definition) is 1. The Balaban J connectivity index is 2.35. The molecule has 1 aromatic rings. The average Bonchev–Trinajstić information content (AvgIpc) is 2.67.